The Labute approximate surface area is 100 Å². The van der Waals surface area contributed by atoms with E-state index in [1.165, 1.54) is 0 Å². The number of hydrogen-bond acceptors (Lipinski definition) is 2. The van der Waals surface area contributed by atoms with Crippen LogP contribution in [0.5, 0.6) is 0 Å². The van der Waals surface area contributed by atoms with Crippen LogP contribution in [0.4, 0.5) is 0 Å². The van der Waals surface area contributed by atoms with E-state index in [1.807, 2.05) is 0 Å². The molecule has 0 heterocycles. The molecule has 0 spiro atoms. The largest absolute Gasteiger partial charge is 0.303 e. The van der Waals surface area contributed by atoms with Gasteiger partial charge in [-0.15, -0.1) is 0 Å². The number of hydrogen-bond donors (Lipinski definition) is 0. The summed E-state index contributed by atoms with van der Waals surface area (Å²) in [6, 6.07) is 0. The summed E-state index contributed by atoms with van der Waals surface area (Å²) in [4.78, 5) is 21.2. The second-order valence-corrected chi connectivity index (χ2v) is 4.53. The van der Waals surface area contributed by atoms with Crippen LogP contribution >= 0.6 is 8.58 Å². The van der Waals surface area contributed by atoms with E-state index in [1.54, 1.807) is 0 Å². The molecule has 0 aromatic rings. The zero-order chi connectivity index (χ0) is 9.94. The molecule has 1 atom stereocenters. The molecule has 0 fully saturated rings. The van der Waals surface area contributed by atoms with Gasteiger partial charge < -0.3 is 4.79 Å². The van der Waals surface area contributed by atoms with E-state index in [2.05, 4.69) is 6.92 Å². The summed E-state index contributed by atoms with van der Waals surface area (Å²) in [5.41, 5.74) is 0.410. The molecule has 4 heteroatoms. The van der Waals surface area contributed by atoms with Crippen molar-refractivity contribution >= 4 is 20.4 Å². The van der Waals surface area contributed by atoms with Gasteiger partial charge in [0.15, 0.2) is 5.52 Å². The van der Waals surface area contributed by atoms with Crippen LogP contribution in [0.1, 0.15) is 45.4 Å². The van der Waals surface area contributed by atoms with E-state index in [0.29, 0.717) is 20.5 Å². The first kappa shape index (κ1) is 16.8. The average molecular weight is 253 g/mol. The van der Waals surface area contributed by atoms with Crippen LogP contribution in [0.15, 0.2) is 0 Å². The van der Waals surface area contributed by atoms with E-state index in [9.17, 15) is 9.59 Å². The van der Waals surface area contributed by atoms with Crippen LogP contribution in [0.25, 0.3) is 0 Å². The molecule has 0 saturated heterocycles. The Morgan fingerprint density at radius 1 is 1.29 bits per heavy atom. The maximum absolute atomic E-state index is 11.2. The Hall–Kier alpha value is 0.354. The summed E-state index contributed by atoms with van der Waals surface area (Å²) < 4.78 is 0. The molecule has 14 heavy (non-hydrogen) atoms. The van der Waals surface area contributed by atoms with Gasteiger partial charge in [0.1, 0.15) is 6.29 Å². The normalized spacial score (nSPS) is 10.1. The summed E-state index contributed by atoms with van der Waals surface area (Å²) in [5, 5.41) is 0. The van der Waals surface area contributed by atoms with Crippen LogP contribution in [0.3, 0.4) is 0 Å². The summed E-state index contributed by atoms with van der Waals surface area (Å²) in [6.45, 7) is 2.10. The zero-order valence-corrected chi connectivity index (χ0v) is 11.2. The summed E-state index contributed by atoms with van der Waals surface area (Å²) in [7, 11) is 0.472. The minimum Gasteiger partial charge on any atom is -0.303 e. The molecule has 1 unspecified atom stereocenters. The van der Waals surface area contributed by atoms with Crippen molar-refractivity contribution in [3.8, 4) is 0 Å². The molecule has 0 aliphatic carbocycles. The monoisotopic (exact) mass is 253 g/mol. The van der Waals surface area contributed by atoms with Crippen LogP contribution in [-0.4, -0.2) is 18.0 Å². The van der Waals surface area contributed by atoms with Gasteiger partial charge in [-0.1, -0.05) is 21.9 Å². The molecule has 0 N–H and O–H groups in total. The maximum Gasteiger partial charge on any atom is 0.151 e. The van der Waals surface area contributed by atoms with E-state index >= 15 is 0 Å². The fourth-order valence-corrected chi connectivity index (χ4v) is 2.07. The van der Waals surface area contributed by atoms with Crippen LogP contribution in [-0.2, 0) is 28.1 Å². The van der Waals surface area contributed by atoms with Gasteiger partial charge in [0.25, 0.3) is 0 Å². The molecule has 0 aliphatic heterocycles. The van der Waals surface area contributed by atoms with Gasteiger partial charge in [-0.2, -0.15) is 0 Å². The van der Waals surface area contributed by atoms with Gasteiger partial charge in [-0.25, -0.2) is 0 Å². The number of unbranched alkanes of at least 4 members (excludes halogenated alkanes) is 3. The molecular formula is C10H19O2PV. The van der Waals surface area contributed by atoms with Crippen molar-refractivity contribution in [2.45, 2.75) is 45.4 Å². The Balaban J connectivity index is 0. The molecule has 2 nitrogen and oxygen atoms in total. The van der Waals surface area contributed by atoms with Gasteiger partial charge in [-0.3, -0.25) is 4.79 Å². The SMILES string of the molecule is CCCCC(=O)PCCCCC=O.[V]. The molecule has 0 aromatic heterocycles. The second-order valence-electron chi connectivity index (χ2n) is 3.12. The van der Waals surface area contributed by atoms with Crippen molar-refractivity contribution < 1.29 is 28.1 Å². The summed E-state index contributed by atoms with van der Waals surface area (Å²) >= 11 is 0. The maximum atomic E-state index is 11.2. The minimum absolute atomic E-state index is 0. The van der Waals surface area contributed by atoms with Crippen LogP contribution < -0.4 is 0 Å². The van der Waals surface area contributed by atoms with Crippen molar-refractivity contribution in [3.63, 3.8) is 0 Å². The standard InChI is InChI=1S/C10H19O2P.V/c1-2-3-7-10(12)13-9-6-4-5-8-11;/h8,13H,2-7,9H2,1H3;. The van der Waals surface area contributed by atoms with Crippen LogP contribution in [0, 0.1) is 0 Å². The molecule has 81 valence electrons. The number of carbonyl (C=O) groups excluding carboxylic acids is 2. The Morgan fingerprint density at radius 3 is 2.57 bits per heavy atom. The first-order valence-corrected chi connectivity index (χ1v) is 6.22. The second kappa shape index (κ2) is 13.4. The molecule has 0 amide bonds. The molecule has 1 radical (unpaired) electrons. The van der Waals surface area contributed by atoms with Crippen molar-refractivity contribution in [2.75, 3.05) is 6.16 Å². The third kappa shape index (κ3) is 12.4. The quantitative estimate of drug-likeness (QED) is 0.359. The Kier molecular flexibility index (Phi) is 16.0. The average Bonchev–Trinajstić information content (AvgIpc) is 2.14. The van der Waals surface area contributed by atoms with Crippen molar-refractivity contribution in [2.24, 2.45) is 0 Å². The third-order valence-electron chi connectivity index (χ3n) is 1.83. The minimum atomic E-state index is 0. The molecule has 0 rings (SSSR count). The van der Waals surface area contributed by atoms with Gasteiger partial charge in [0, 0.05) is 31.4 Å². The first-order chi connectivity index (χ1) is 6.31. The fraction of sp³-hybridized carbons (Fsp3) is 0.800. The van der Waals surface area contributed by atoms with Crippen molar-refractivity contribution in [3.05, 3.63) is 0 Å². The molecule has 0 saturated carbocycles. The fourth-order valence-electron chi connectivity index (χ4n) is 1.01. The predicted octanol–water partition coefficient (Wildman–Crippen LogP) is 2.75. The smallest absolute Gasteiger partial charge is 0.151 e. The topological polar surface area (TPSA) is 34.1 Å². The van der Waals surface area contributed by atoms with Gasteiger partial charge >= 0.3 is 0 Å². The Morgan fingerprint density at radius 2 is 2.00 bits per heavy atom. The molecule has 0 bridgehead atoms. The van der Waals surface area contributed by atoms with Crippen molar-refractivity contribution in [1.82, 2.24) is 0 Å². The van der Waals surface area contributed by atoms with Gasteiger partial charge in [0.2, 0.25) is 0 Å². The van der Waals surface area contributed by atoms with Gasteiger partial charge in [-0.05, 0) is 25.4 Å². The van der Waals surface area contributed by atoms with Gasteiger partial charge in [0.05, 0.1) is 0 Å². The Bertz CT molecular complexity index is 151. The number of rotatable bonds is 9. The predicted molar refractivity (Wildman–Crippen MR) is 57.6 cm³/mol. The van der Waals surface area contributed by atoms with Crippen LogP contribution in [0.2, 0.25) is 0 Å². The van der Waals surface area contributed by atoms with E-state index < -0.39 is 0 Å². The van der Waals surface area contributed by atoms with E-state index in [0.717, 1.165) is 44.6 Å². The molecule has 0 aliphatic rings. The molecule has 0 aromatic carbocycles. The zero-order valence-electron chi connectivity index (χ0n) is 8.79. The summed E-state index contributed by atoms with van der Waals surface area (Å²) in [5.74, 6) is 0. The summed E-state index contributed by atoms with van der Waals surface area (Å²) in [6.07, 6.45) is 7.42. The first-order valence-electron chi connectivity index (χ1n) is 5.01. The van der Waals surface area contributed by atoms with E-state index in [-0.39, 0.29) is 18.6 Å². The third-order valence-corrected chi connectivity index (χ3v) is 3.08. The van der Waals surface area contributed by atoms with Crippen molar-refractivity contribution in [1.29, 1.82) is 0 Å². The van der Waals surface area contributed by atoms with E-state index in [4.69, 9.17) is 0 Å². The number of carbonyl (C=O) groups is 2. The molecular weight excluding hydrogens is 234 g/mol. The number of aldehydes is 1.